The van der Waals surface area contributed by atoms with Crippen molar-refractivity contribution in [2.75, 3.05) is 6.26 Å². The third kappa shape index (κ3) is 2.69. The second-order valence-corrected chi connectivity index (χ2v) is 8.65. The first-order chi connectivity index (χ1) is 13.5. The van der Waals surface area contributed by atoms with Crippen molar-refractivity contribution in [1.29, 1.82) is 0 Å². The van der Waals surface area contributed by atoms with Gasteiger partial charge in [0, 0.05) is 0 Å². The zero-order chi connectivity index (χ0) is 19.3. The van der Waals surface area contributed by atoms with E-state index in [4.69, 9.17) is 0 Å². The third-order valence-corrected chi connectivity index (χ3v) is 5.74. The summed E-state index contributed by atoms with van der Waals surface area (Å²) in [4.78, 5) is 12.8. The highest BCUT2D eigenvalue weighted by Gasteiger charge is 2.37. The fourth-order valence-electron chi connectivity index (χ4n) is 4.02. The summed E-state index contributed by atoms with van der Waals surface area (Å²) in [5.41, 5.74) is 5.36. The van der Waals surface area contributed by atoms with Crippen molar-refractivity contribution in [3.8, 4) is 11.1 Å². The van der Waals surface area contributed by atoms with Crippen molar-refractivity contribution in [2.24, 2.45) is 0 Å². The number of fused-ring (bicyclic) bond motifs is 4. The molecule has 0 saturated carbocycles. The Hall–Kier alpha value is -3.10. The van der Waals surface area contributed by atoms with Gasteiger partial charge in [-0.05, 0) is 22.3 Å². The van der Waals surface area contributed by atoms with E-state index in [9.17, 15) is 8.42 Å². The molecule has 1 aliphatic rings. The standard InChI is InChI=1S/C20H17N5O2S/c1-28(26,27)24-18-15-8-4-2-6-13(15)14-7-3-5-9-16(14)19(18)25-12-23-17-10-21-11-22-20(17)25/h2-12,18-19,24H,1H3/t18-,19-/m1/s1. The normalized spacial score (nSPS) is 18.6. The maximum atomic E-state index is 12.2. The first kappa shape index (κ1) is 17.0. The van der Waals surface area contributed by atoms with Gasteiger partial charge >= 0.3 is 0 Å². The smallest absolute Gasteiger partial charge is 0.209 e. The number of hydrogen-bond donors (Lipinski definition) is 1. The predicted octanol–water partition coefficient (Wildman–Crippen LogP) is 2.69. The minimum atomic E-state index is -3.46. The summed E-state index contributed by atoms with van der Waals surface area (Å²) in [5, 5.41) is 0. The fraction of sp³-hybridized carbons (Fsp3) is 0.150. The quantitative estimate of drug-likeness (QED) is 0.580. The molecule has 2 aromatic heterocycles. The Morgan fingerprint density at radius 2 is 1.64 bits per heavy atom. The van der Waals surface area contributed by atoms with Crippen LogP contribution in [-0.2, 0) is 10.0 Å². The molecule has 0 unspecified atom stereocenters. The van der Waals surface area contributed by atoms with Gasteiger partial charge in [-0.15, -0.1) is 0 Å². The molecule has 7 nitrogen and oxygen atoms in total. The largest absolute Gasteiger partial charge is 0.306 e. The lowest BCUT2D eigenvalue weighted by atomic mass is 9.79. The summed E-state index contributed by atoms with van der Waals surface area (Å²) in [5.74, 6) is 0. The van der Waals surface area contributed by atoms with Crippen LogP contribution in [0.3, 0.4) is 0 Å². The molecule has 0 bridgehead atoms. The van der Waals surface area contributed by atoms with Gasteiger partial charge in [0.2, 0.25) is 10.0 Å². The average Bonchev–Trinajstić information content (AvgIpc) is 3.11. The minimum absolute atomic E-state index is 0.333. The van der Waals surface area contributed by atoms with Crippen molar-refractivity contribution in [2.45, 2.75) is 12.1 Å². The SMILES string of the molecule is CS(=O)(=O)N[C@@H]1c2ccccc2-c2ccccc2[C@H]1n1cnc2cncnc21. The van der Waals surface area contributed by atoms with Gasteiger partial charge in [-0.25, -0.2) is 28.1 Å². The predicted molar refractivity (Wildman–Crippen MR) is 106 cm³/mol. The molecule has 5 rings (SSSR count). The fourth-order valence-corrected chi connectivity index (χ4v) is 4.74. The zero-order valence-electron chi connectivity index (χ0n) is 15.0. The lowest BCUT2D eigenvalue weighted by Gasteiger charge is -2.36. The Kier molecular flexibility index (Phi) is 3.78. The van der Waals surface area contributed by atoms with Crippen molar-refractivity contribution in [3.05, 3.63) is 78.5 Å². The molecule has 2 heterocycles. The summed E-state index contributed by atoms with van der Waals surface area (Å²) in [6.45, 7) is 0. The zero-order valence-corrected chi connectivity index (χ0v) is 15.8. The summed E-state index contributed by atoms with van der Waals surface area (Å²) in [6, 6.07) is 15.1. The van der Waals surface area contributed by atoms with E-state index in [1.165, 1.54) is 12.6 Å². The van der Waals surface area contributed by atoms with Gasteiger partial charge in [-0.1, -0.05) is 48.5 Å². The van der Waals surface area contributed by atoms with E-state index in [-0.39, 0.29) is 6.04 Å². The first-order valence-electron chi connectivity index (χ1n) is 8.81. The molecule has 28 heavy (non-hydrogen) atoms. The van der Waals surface area contributed by atoms with E-state index in [1.54, 1.807) is 12.5 Å². The average molecular weight is 391 g/mol. The van der Waals surface area contributed by atoms with Gasteiger partial charge in [0.05, 0.1) is 30.9 Å². The minimum Gasteiger partial charge on any atom is -0.306 e. The maximum absolute atomic E-state index is 12.2. The Balaban J connectivity index is 1.82. The molecule has 0 radical (unpaired) electrons. The molecule has 2 atom stereocenters. The number of sulfonamides is 1. The van der Waals surface area contributed by atoms with Crippen LogP contribution in [-0.4, -0.2) is 34.2 Å². The van der Waals surface area contributed by atoms with Crippen molar-refractivity contribution >= 4 is 21.2 Å². The van der Waals surface area contributed by atoms with Crippen LogP contribution in [0.15, 0.2) is 67.4 Å². The van der Waals surface area contributed by atoms with E-state index in [2.05, 4.69) is 25.7 Å². The Morgan fingerprint density at radius 3 is 2.39 bits per heavy atom. The Bertz CT molecular complexity index is 1300. The summed E-state index contributed by atoms with van der Waals surface area (Å²) >= 11 is 0. The molecule has 140 valence electrons. The summed E-state index contributed by atoms with van der Waals surface area (Å²) < 4.78 is 29.2. The molecular formula is C20H17N5O2S. The number of nitrogens with one attached hydrogen (secondary N) is 1. The molecule has 1 N–H and O–H groups in total. The van der Waals surface area contributed by atoms with Crippen molar-refractivity contribution in [1.82, 2.24) is 24.2 Å². The van der Waals surface area contributed by atoms with Gasteiger partial charge < -0.3 is 4.57 Å². The van der Waals surface area contributed by atoms with Crippen LogP contribution in [0.2, 0.25) is 0 Å². The molecule has 8 heteroatoms. The highest BCUT2D eigenvalue weighted by atomic mass is 32.2. The van der Waals surface area contributed by atoms with E-state index in [0.717, 1.165) is 22.3 Å². The molecule has 0 aliphatic heterocycles. The molecule has 0 spiro atoms. The van der Waals surface area contributed by atoms with Crippen LogP contribution in [0.1, 0.15) is 23.2 Å². The highest BCUT2D eigenvalue weighted by Crippen LogP contribution is 2.47. The van der Waals surface area contributed by atoms with Gasteiger partial charge in [0.1, 0.15) is 11.8 Å². The Morgan fingerprint density at radius 1 is 0.964 bits per heavy atom. The van der Waals surface area contributed by atoms with Crippen LogP contribution >= 0.6 is 0 Å². The second-order valence-electron chi connectivity index (χ2n) is 6.87. The summed E-state index contributed by atoms with van der Waals surface area (Å²) in [7, 11) is -3.46. The number of hydrogen-bond acceptors (Lipinski definition) is 5. The first-order valence-corrected chi connectivity index (χ1v) is 10.7. The van der Waals surface area contributed by atoms with Crippen LogP contribution < -0.4 is 4.72 Å². The molecule has 0 saturated heterocycles. The third-order valence-electron chi connectivity index (χ3n) is 5.06. The van der Waals surface area contributed by atoms with E-state index in [1.807, 2.05) is 47.0 Å². The van der Waals surface area contributed by atoms with Crippen molar-refractivity contribution < 1.29 is 8.42 Å². The number of aromatic nitrogens is 4. The number of rotatable bonds is 3. The molecular weight excluding hydrogens is 374 g/mol. The Labute approximate surface area is 162 Å². The van der Waals surface area contributed by atoms with Crippen LogP contribution in [0.5, 0.6) is 0 Å². The lowest BCUT2D eigenvalue weighted by molar-refractivity contribution is 0.449. The molecule has 0 amide bonds. The van der Waals surface area contributed by atoms with Gasteiger partial charge in [-0.2, -0.15) is 0 Å². The number of benzene rings is 2. The van der Waals surface area contributed by atoms with E-state index < -0.39 is 16.1 Å². The van der Waals surface area contributed by atoms with Crippen LogP contribution in [0.4, 0.5) is 0 Å². The maximum Gasteiger partial charge on any atom is 0.209 e. The van der Waals surface area contributed by atoms with E-state index >= 15 is 0 Å². The van der Waals surface area contributed by atoms with E-state index in [0.29, 0.717) is 11.2 Å². The monoisotopic (exact) mass is 391 g/mol. The van der Waals surface area contributed by atoms with Crippen LogP contribution in [0, 0.1) is 0 Å². The molecule has 4 aromatic rings. The number of imidazole rings is 1. The lowest BCUT2D eigenvalue weighted by Crippen LogP contribution is -2.36. The summed E-state index contributed by atoms with van der Waals surface area (Å²) in [6.07, 6.45) is 6.01. The number of nitrogens with zero attached hydrogens (tertiary/aromatic N) is 4. The van der Waals surface area contributed by atoms with Gasteiger partial charge in [0.15, 0.2) is 5.65 Å². The van der Waals surface area contributed by atoms with Gasteiger partial charge in [-0.3, -0.25) is 0 Å². The molecule has 2 aromatic carbocycles. The van der Waals surface area contributed by atoms with Gasteiger partial charge in [0.25, 0.3) is 0 Å². The van der Waals surface area contributed by atoms with Crippen molar-refractivity contribution in [3.63, 3.8) is 0 Å². The topological polar surface area (TPSA) is 89.8 Å². The molecule has 1 aliphatic carbocycles. The molecule has 0 fully saturated rings. The second kappa shape index (κ2) is 6.22. The van der Waals surface area contributed by atoms with Crippen LogP contribution in [0.25, 0.3) is 22.3 Å². The highest BCUT2D eigenvalue weighted by molar-refractivity contribution is 7.88.